The third kappa shape index (κ3) is 5.17. The van der Waals surface area contributed by atoms with Crippen LogP contribution in [0.2, 0.25) is 0 Å². The minimum atomic E-state index is -0.251. The molecule has 2 unspecified atom stereocenters. The smallest absolute Gasteiger partial charge is 0.289 e. The predicted octanol–water partition coefficient (Wildman–Crippen LogP) is 2.85. The van der Waals surface area contributed by atoms with Crippen molar-refractivity contribution in [2.75, 3.05) is 5.32 Å². The molecule has 1 fully saturated rings. The lowest BCUT2D eigenvalue weighted by Crippen LogP contribution is -2.39. The number of aryl methyl sites for hydroxylation is 1. The fraction of sp³-hybridized carbons (Fsp3) is 0.545. The van der Waals surface area contributed by atoms with Crippen LogP contribution in [0.3, 0.4) is 0 Å². The van der Waals surface area contributed by atoms with Gasteiger partial charge in [-0.05, 0) is 44.7 Å². The number of nitrogens with zero attached hydrogens (tertiary/aromatic N) is 3. The van der Waals surface area contributed by atoms with Gasteiger partial charge in [-0.1, -0.05) is 38.3 Å². The number of nitrogens with two attached hydrogens (primary N) is 2. The Morgan fingerprint density at radius 3 is 2.63 bits per heavy atom. The van der Waals surface area contributed by atoms with Gasteiger partial charge in [0, 0.05) is 11.4 Å². The highest BCUT2D eigenvalue weighted by atomic mass is 16.2. The lowest BCUT2D eigenvalue weighted by molar-refractivity contribution is 0.0924. The van der Waals surface area contributed by atoms with Crippen molar-refractivity contribution in [1.82, 2.24) is 15.3 Å². The Kier molecular flexibility index (Phi) is 7.07. The quantitative estimate of drug-likeness (QED) is 0.409. The van der Waals surface area contributed by atoms with Crippen molar-refractivity contribution in [3.63, 3.8) is 0 Å². The number of carbonyl (C=O) groups is 1. The van der Waals surface area contributed by atoms with E-state index >= 15 is 0 Å². The number of guanidine groups is 1. The Morgan fingerprint density at radius 2 is 1.93 bits per heavy atom. The molecule has 1 aliphatic carbocycles. The third-order valence-electron chi connectivity index (χ3n) is 5.74. The Hall–Kier alpha value is -2.90. The summed E-state index contributed by atoms with van der Waals surface area (Å²) >= 11 is 0. The monoisotopic (exact) mass is 411 g/mol. The van der Waals surface area contributed by atoms with Crippen molar-refractivity contribution >= 4 is 28.6 Å². The molecule has 0 saturated heterocycles. The molecule has 0 bridgehead atoms. The van der Waals surface area contributed by atoms with Crippen LogP contribution in [0.4, 0.5) is 5.82 Å². The maximum Gasteiger partial charge on any atom is 0.289 e. The summed E-state index contributed by atoms with van der Waals surface area (Å²) < 4.78 is 0. The summed E-state index contributed by atoms with van der Waals surface area (Å²) in [6, 6.07) is 6.11. The van der Waals surface area contributed by atoms with Crippen LogP contribution in [-0.2, 0) is 0 Å². The summed E-state index contributed by atoms with van der Waals surface area (Å²) in [7, 11) is 0. The van der Waals surface area contributed by atoms with Gasteiger partial charge in [-0.25, -0.2) is 15.0 Å². The first-order chi connectivity index (χ1) is 14.4. The van der Waals surface area contributed by atoms with Crippen LogP contribution in [0, 0.1) is 6.92 Å². The zero-order valence-electron chi connectivity index (χ0n) is 18.1. The molecule has 6 N–H and O–H groups in total. The van der Waals surface area contributed by atoms with Crippen molar-refractivity contribution in [1.29, 1.82) is 0 Å². The molecule has 1 amide bonds. The second-order valence-corrected chi connectivity index (χ2v) is 8.06. The molecule has 30 heavy (non-hydrogen) atoms. The largest absolute Gasteiger partial charge is 0.370 e. The molecule has 8 heteroatoms. The molecule has 1 heterocycles. The van der Waals surface area contributed by atoms with Crippen LogP contribution in [-0.4, -0.2) is 40.0 Å². The van der Waals surface area contributed by atoms with E-state index in [9.17, 15) is 4.79 Å². The van der Waals surface area contributed by atoms with Gasteiger partial charge in [0.2, 0.25) is 5.82 Å². The molecule has 0 aliphatic heterocycles. The normalized spacial score (nSPS) is 18.9. The molecule has 0 spiro atoms. The van der Waals surface area contributed by atoms with Crippen LogP contribution in [0.25, 0.3) is 10.9 Å². The standard InChI is InChI=1S/C22H33N7O/c1-4-14(5-2)25-21(30)20-26-16-11-10-13(3)12-15(16)19(29-20)27-17-8-6-7-9-18(17)28-22(23)24/h10-12,14,17-18H,4-9H2,1-3H3,(H,25,30)(H4,23,24,28)(H,26,27,29). The van der Waals surface area contributed by atoms with Gasteiger partial charge in [0.25, 0.3) is 5.91 Å². The summed E-state index contributed by atoms with van der Waals surface area (Å²) in [5.74, 6) is 0.678. The number of nitrogens with one attached hydrogen (secondary N) is 2. The summed E-state index contributed by atoms with van der Waals surface area (Å²) in [6.07, 6.45) is 5.77. The number of fused-ring (bicyclic) bond motifs is 1. The topological polar surface area (TPSA) is 131 Å². The highest BCUT2D eigenvalue weighted by molar-refractivity contribution is 5.96. The molecular formula is C22H33N7O. The molecular weight excluding hydrogens is 378 g/mol. The summed E-state index contributed by atoms with van der Waals surface area (Å²) in [5.41, 5.74) is 13.1. The maximum absolute atomic E-state index is 12.8. The number of aliphatic imine (C=N–C) groups is 1. The summed E-state index contributed by atoms with van der Waals surface area (Å²) in [4.78, 5) is 26.4. The average Bonchev–Trinajstić information content (AvgIpc) is 2.73. The minimum Gasteiger partial charge on any atom is -0.370 e. The average molecular weight is 412 g/mol. The van der Waals surface area contributed by atoms with Gasteiger partial charge in [-0.3, -0.25) is 4.79 Å². The summed E-state index contributed by atoms with van der Waals surface area (Å²) in [6.45, 7) is 6.14. The fourth-order valence-electron chi connectivity index (χ4n) is 4.00. The van der Waals surface area contributed by atoms with Gasteiger partial charge in [-0.2, -0.15) is 0 Å². The lowest BCUT2D eigenvalue weighted by Gasteiger charge is -2.30. The van der Waals surface area contributed by atoms with E-state index in [1.54, 1.807) is 0 Å². The first-order valence-corrected chi connectivity index (χ1v) is 10.9. The highest BCUT2D eigenvalue weighted by Gasteiger charge is 2.26. The van der Waals surface area contributed by atoms with Gasteiger partial charge in [0.1, 0.15) is 5.82 Å². The van der Waals surface area contributed by atoms with Gasteiger partial charge < -0.3 is 22.1 Å². The van der Waals surface area contributed by atoms with Crippen LogP contribution in [0.1, 0.15) is 68.6 Å². The Balaban J connectivity index is 1.98. The number of hydrogen-bond acceptors (Lipinski definition) is 5. The third-order valence-corrected chi connectivity index (χ3v) is 5.74. The van der Waals surface area contributed by atoms with Gasteiger partial charge in [-0.15, -0.1) is 0 Å². The fourth-order valence-corrected chi connectivity index (χ4v) is 4.00. The van der Waals surface area contributed by atoms with Crippen LogP contribution >= 0.6 is 0 Å². The molecule has 3 rings (SSSR count). The van der Waals surface area contributed by atoms with E-state index in [0.29, 0.717) is 5.82 Å². The number of anilines is 1. The molecule has 2 aromatic rings. The molecule has 2 atom stereocenters. The number of hydrogen-bond donors (Lipinski definition) is 4. The number of rotatable bonds is 7. The van der Waals surface area contributed by atoms with Crippen molar-refractivity contribution in [2.45, 2.75) is 77.4 Å². The second kappa shape index (κ2) is 9.73. The van der Waals surface area contributed by atoms with Crippen molar-refractivity contribution < 1.29 is 4.79 Å². The molecule has 1 aromatic carbocycles. The molecule has 162 valence electrons. The Morgan fingerprint density at radius 1 is 1.20 bits per heavy atom. The summed E-state index contributed by atoms with van der Waals surface area (Å²) in [5, 5.41) is 7.45. The maximum atomic E-state index is 12.8. The van der Waals surface area contributed by atoms with Crippen molar-refractivity contribution in [3.8, 4) is 0 Å². The van der Waals surface area contributed by atoms with Gasteiger partial charge in [0.05, 0.1) is 17.6 Å². The Labute approximate surface area is 177 Å². The van der Waals surface area contributed by atoms with Gasteiger partial charge >= 0.3 is 0 Å². The molecule has 1 saturated carbocycles. The van der Waals surface area contributed by atoms with E-state index in [1.165, 1.54) is 0 Å². The minimum absolute atomic E-state index is 0.0135. The van der Waals surface area contributed by atoms with Crippen LogP contribution in [0.5, 0.6) is 0 Å². The number of carbonyl (C=O) groups excluding carboxylic acids is 1. The predicted molar refractivity (Wildman–Crippen MR) is 122 cm³/mol. The first-order valence-electron chi connectivity index (χ1n) is 10.9. The van der Waals surface area contributed by atoms with Crippen molar-refractivity contribution in [3.05, 3.63) is 29.6 Å². The second-order valence-electron chi connectivity index (χ2n) is 8.06. The molecule has 1 aliphatic rings. The number of benzene rings is 1. The molecule has 0 radical (unpaired) electrons. The first kappa shape index (κ1) is 21.8. The van der Waals surface area contributed by atoms with E-state index in [2.05, 4.69) is 39.4 Å². The van der Waals surface area contributed by atoms with E-state index in [-0.39, 0.29) is 35.8 Å². The SMILES string of the molecule is CCC(CC)NC(=O)c1nc(NC2CCCCC2N=C(N)N)c2cc(C)ccc2n1. The number of aromatic nitrogens is 2. The van der Waals surface area contributed by atoms with Crippen LogP contribution < -0.4 is 22.1 Å². The van der Waals surface area contributed by atoms with Gasteiger partial charge in [0.15, 0.2) is 5.96 Å². The lowest BCUT2D eigenvalue weighted by atomic mass is 9.90. The zero-order chi connectivity index (χ0) is 21.7. The van der Waals surface area contributed by atoms with E-state index in [4.69, 9.17) is 11.5 Å². The van der Waals surface area contributed by atoms with E-state index < -0.39 is 0 Å². The number of amides is 1. The molecule has 8 nitrogen and oxygen atoms in total. The van der Waals surface area contributed by atoms with E-state index in [1.807, 2.05) is 25.1 Å². The van der Waals surface area contributed by atoms with E-state index in [0.717, 1.165) is 55.0 Å². The van der Waals surface area contributed by atoms with Crippen LogP contribution in [0.15, 0.2) is 23.2 Å². The Bertz CT molecular complexity index is 919. The van der Waals surface area contributed by atoms with Crippen molar-refractivity contribution in [2.24, 2.45) is 16.5 Å². The highest BCUT2D eigenvalue weighted by Crippen LogP contribution is 2.28. The zero-order valence-corrected chi connectivity index (χ0v) is 18.1. The molecule has 1 aromatic heterocycles.